The molecule has 0 unspecified atom stereocenters. The predicted molar refractivity (Wildman–Crippen MR) is 67.4 cm³/mol. The zero-order valence-corrected chi connectivity index (χ0v) is 10.3. The van der Waals surface area contributed by atoms with Crippen LogP contribution in [0.1, 0.15) is 12.0 Å². The van der Waals surface area contributed by atoms with E-state index in [0.29, 0.717) is 17.0 Å². The SMILES string of the molecule is Clc1csc(OCCCc2ccccc2)n1. The van der Waals surface area contributed by atoms with Gasteiger partial charge in [0, 0.05) is 5.38 Å². The minimum absolute atomic E-state index is 0.503. The van der Waals surface area contributed by atoms with E-state index in [0.717, 1.165) is 12.8 Å². The lowest BCUT2D eigenvalue weighted by Crippen LogP contribution is -1.98. The number of hydrogen-bond donors (Lipinski definition) is 0. The van der Waals surface area contributed by atoms with Gasteiger partial charge in [-0.2, -0.15) is 4.98 Å². The van der Waals surface area contributed by atoms with Gasteiger partial charge in [0.05, 0.1) is 6.61 Å². The third kappa shape index (κ3) is 3.51. The molecule has 0 N–H and O–H groups in total. The Hall–Kier alpha value is -1.06. The lowest BCUT2D eigenvalue weighted by Gasteiger charge is -2.02. The highest BCUT2D eigenvalue weighted by Crippen LogP contribution is 2.21. The van der Waals surface area contributed by atoms with Crippen LogP contribution in [0.25, 0.3) is 0 Å². The number of rotatable bonds is 5. The van der Waals surface area contributed by atoms with Gasteiger partial charge < -0.3 is 4.74 Å². The molecule has 4 heteroatoms. The Labute approximate surface area is 104 Å². The van der Waals surface area contributed by atoms with Gasteiger partial charge in [-0.1, -0.05) is 53.3 Å². The number of aromatic nitrogens is 1. The normalized spacial score (nSPS) is 10.3. The van der Waals surface area contributed by atoms with Crippen LogP contribution in [0.15, 0.2) is 35.7 Å². The van der Waals surface area contributed by atoms with Crippen LogP contribution < -0.4 is 4.74 Å². The molecule has 0 atom stereocenters. The van der Waals surface area contributed by atoms with Gasteiger partial charge in [-0.3, -0.25) is 0 Å². The maximum Gasteiger partial charge on any atom is 0.274 e. The van der Waals surface area contributed by atoms with Crippen LogP contribution in [0, 0.1) is 0 Å². The molecule has 0 saturated heterocycles. The number of nitrogens with zero attached hydrogens (tertiary/aromatic N) is 1. The topological polar surface area (TPSA) is 22.1 Å². The van der Waals surface area contributed by atoms with E-state index in [4.69, 9.17) is 16.3 Å². The third-order valence-electron chi connectivity index (χ3n) is 2.13. The predicted octanol–water partition coefficient (Wildman–Crippen LogP) is 3.81. The molecule has 2 aromatic rings. The van der Waals surface area contributed by atoms with Crippen molar-refractivity contribution in [2.45, 2.75) is 12.8 Å². The second kappa shape index (κ2) is 5.87. The molecule has 2 rings (SSSR count). The molecule has 0 saturated carbocycles. The van der Waals surface area contributed by atoms with Crippen LogP contribution in [0.5, 0.6) is 5.19 Å². The molecule has 0 fully saturated rings. The molecule has 1 heterocycles. The number of hydrogen-bond acceptors (Lipinski definition) is 3. The minimum Gasteiger partial charge on any atom is -0.470 e. The first-order chi connectivity index (χ1) is 7.84. The zero-order valence-electron chi connectivity index (χ0n) is 8.73. The highest BCUT2D eigenvalue weighted by atomic mass is 35.5. The van der Waals surface area contributed by atoms with Crippen LogP contribution in [0.2, 0.25) is 5.15 Å². The molecule has 1 aromatic carbocycles. The summed E-state index contributed by atoms with van der Waals surface area (Å²) in [6, 6.07) is 10.4. The van der Waals surface area contributed by atoms with Gasteiger partial charge in [-0.05, 0) is 18.4 Å². The molecule has 0 aliphatic rings. The number of thiazole rings is 1. The quantitative estimate of drug-likeness (QED) is 0.756. The molecule has 16 heavy (non-hydrogen) atoms. The third-order valence-corrected chi connectivity index (χ3v) is 3.21. The summed E-state index contributed by atoms with van der Waals surface area (Å²) in [6.45, 7) is 0.679. The maximum absolute atomic E-state index is 5.69. The molecular weight excluding hydrogens is 242 g/mol. The summed E-state index contributed by atoms with van der Waals surface area (Å²) in [4.78, 5) is 4.02. The smallest absolute Gasteiger partial charge is 0.274 e. The van der Waals surface area contributed by atoms with E-state index >= 15 is 0 Å². The van der Waals surface area contributed by atoms with E-state index in [2.05, 4.69) is 29.2 Å². The average molecular weight is 254 g/mol. The summed E-state index contributed by atoms with van der Waals surface area (Å²) in [5.41, 5.74) is 1.34. The van der Waals surface area contributed by atoms with Gasteiger partial charge in [0.15, 0.2) is 0 Å². The van der Waals surface area contributed by atoms with Crippen molar-refractivity contribution in [3.05, 3.63) is 46.4 Å². The molecule has 0 amide bonds. The number of benzene rings is 1. The molecule has 0 radical (unpaired) electrons. The highest BCUT2D eigenvalue weighted by molar-refractivity contribution is 7.11. The van der Waals surface area contributed by atoms with Gasteiger partial charge in [0.25, 0.3) is 5.19 Å². The first kappa shape index (κ1) is 11.4. The van der Waals surface area contributed by atoms with Crippen LogP contribution in [0.4, 0.5) is 0 Å². The second-order valence-corrected chi connectivity index (χ2v) is 4.58. The van der Waals surface area contributed by atoms with Crippen molar-refractivity contribution < 1.29 is 4.74 Å². The summed E-state index contributed by atoms with van der Waals surface area (Å²) in [6.07, 6.45) is 2.02. The van der Waals surface area contributed by atoms with Crippen molar-refractivity contribution in [2.24, 2.45) is 0 Å². The van der Waals surface area contributed by atoms with Crippen molar-refractivity contribution in [3.63, 3.8) is 0 Å². The van der Waals surface area contributed by atoms with E-state index < -0.39 is 0 Å². The van der Waals surface area contributed by atoms with E-state index in [1.807, 2.05) is 6.07 Å². The summed E-state index contributed by atoms with van der Waals surface area (Å²) < 4.78 is 5.47. The fourth-order valence-electron chi connectivity index (χ4n) is 1.39. The number of ether oxygens (including phenoxy) is 1. The Kier molecular flexibility index (Phi) is 4.19. The largest absolute Gasteiger partial charge is 0.470 e. The fraction of sp³-hybridized carbons (Fsp3) is 0.250. The summed E-state index contributed by atoms with van der Waals surface area (Å²) in [5, 5.41) is 2.93. The standard InChI is InChI=1S/C12H12ClNOS/c13-11-9-16-12(14-11)15-8-4-7-10-5-2-1-3-6-10/h1-3,5-6,9H,4,7-8H2. The highest BCUT2D eigenvalue weighted by Gasteiger charge is 2.00. The zero-order chi connectivity index (χ0) is 11.2. The number of aryl methyl sites for hydroxylation is 1. The van der Waals surface area contributed by atoms with E-state index in [-0.39, 0.29) is 0 Å². The molecule has 0 bridgehead atoms. The van der Waals surface area contributed by atoms with E-state index in [1.54, 1.807) is 5.38 Å². The van der Waals surface area contributed by atoms with Crippen LogP contribution in [-0.2, 0) is 6.42 Å². The van der Waals surface area contributed by atoms with Crippen LogP contribution in [0.3, 0.4) is 0 Å². The van der Waals surface area contributed by atoms with Crippen molar-refractivity contribution in [3.8, 4) is 5.19 Å². The van der Waals surface area contributed by atoms with Crippen molar-refractivity contribution in [1.29, 1.82) is 0 Å². The molecule has 0 aliphatic carbocycles. The summed E-state index contributed by atoms with van der Waals surface area (Å²) >= 11 is 7.12. The molecule has 0 aliphatic heterocycles. The van der Waals surface area contributed by atoms with E-state index in [1.165, 1.54) is 16.9 Å². The molecule has 0 spiro atoms. The Morgan fingerprint density at radius 3 is 2.75 bits per heavy atom. The number of halogens is 1. The summed E-state index contributed by atoms with van der Waals surface area (Å²) in [7, 11) is 0. The second-order valence-electron chi connectivity index (χ2n) is 3.37. The molecule has 84 valence electrons. The maximum atomic E-state index is 5.69. The molecule has 2 nitrogen and oxygen atoms in total. The summed E-state index contributed by atoms with van der Waals surface area (Å²) in [5.74, 6) is 0. The Morgan fingerprint density at radius 1 is 1.25 bits per heavy atom. The van der Waals surface area contributed by atoms with Gasteiger partial charge in [-0.25, -0.2) is 0 Å². The van der Waals surface area contributed by atoms with Gasteiger partial charge in [0.2, 0.25) is 0 Å². The Morgan fingerprint density at radius 2 is 2.06 bits per heavy atom. The van der Waals surface area contributed by atoms with Crippen molar-refractivity contribution in [2.75, 3.05) is 6.61 Å². The first-order valence-electron chi connectivity index (χ1n) is 5.12. The fourth-order valence-corrected chi connectivity index (χ4v) is 2.20. The van der Waals surface area contributed by atoms with Gasteiger partial charge in [-0.15, -0.1) is 0 Å². The lowest BCUT2D eigenvalue weighted by molar-refractivity contribution is 0.309. The van der Waals surface area contributed by atoms with Gasteiger partial charge in [0.1, 0.15) is 5.15 Å². The van der Waals surface area contributed by atoms with Crippen LogP contribution in [-0.4, -0.2) is 11.6 Å². The monoisotopic (exact) mass is 253 g/mol. The first-order valence-corrected chi connectivity index (χ1v) is 6.38. The van der Waals surface area contributed by atoms with E-state index in [9.17, 15) is 0 Å². The Balaban J connectivity index is 1.69. The Bertz CT molecular complexity index is 430. The lowest BCUT2D eigenvalue weighted by atomic mass is 10.1. The minimum atomic E-state index is 0.503. The van der Waals surface area contributed by atoms with Gasteiger partial charge >= 0.3 is 0 Å². The van der Waals surface area contributed by atoms with Crippen LogP contribution >= 0.6 is 22.9 Å². The molecular formula is C12H12ClNOS. The average Bonchev–Trinajstić information content (AvgIpc) is 2.72. The van der Waals surface area contributed by atoms with Crippen molar-refractivity contribution >= 4 is 22.9 Å². The molecule has 1 aromatic heterocycles. The van der Waals surface area contributed by atoms with Crippen molar-refractivity contribution in [1.82, 2.24) is 4.98 Å².